The maximum atomic E-state index is 12.5. The van der Waals surface area contributed by atoms with Crippen molar-refractivity contribution < 1.29 is 33.4 Å². The van der Waals surface area contributed by atoms with E-state index in [4.69, 9.17) is 21.1 Å². The molecular formula is C30H58N6O7S. The number of nitrogens with one attached hydrogen (secondary N) is 3. The Balaban J connectivity index is 4.33. The molecule has 0 aromatic carbocycles. The van der Waals surface area contributed by atoms with E-state index in [-0.39, 0.29) is 48.8 Å². The molecule has 0 saturated heterocycles. The molecule has 0 aliphatic carbocycles. The van der Waals surface area contributed by atoms with Gasteiger partial charge in [0.25, 0.3) is 0 Å². The number of nitrogens with two attached hydrogens (primary N) is 2. The summed E-state index contributed by atoms with van der Waals surface area (Å²) in [4.78, 5) is 61.8. The number of nitrogens with zero attached hydrogens (tertiary/aromatic N) is 1. The molecule has 0 heterocycles. The Morgan fingerprint density at radius 1 is 0.977 bits per heavy atom. The highest BCUT2D eigenvalue weighted by molar-refractivity contribution is 8.00. The third-order valence-corrected chi connectivity index (χ3v) is 8.11. The number of amides is 4. The van der Waals surface area contributed by atoms with Gasteiger partial charge in [0.15, 0.2) is 0 Å². The average Bonchev–Trinajstić information content (AvgIpc) is 2.96. The first-order valence-corrected chi connectivity index (χ1v) is 16.6. The second-order valence-electron chi connectivity index (χ2n) is 12.1. The van der Waals surface area contributed by atoms with Gasteiger partial charge in [-0.2, -0.15) is 11.8 Å². The van der Waals surface area contributed by atoms with Gasteiger partial charge in [-0.25, -0.2) is 0 Å². The van der Waals surface area contributed by atoms with Gasteiger partial charge in [-0.3, -0.25) is 30.4 Å². The minimum atomic E-state index is -0.805. The Bertz CT molecular complexity index is 875. The maximum absolute atomic E-state index is 12.5. The molecule has 2 unspecified atom stereocenters. The average molecular weight is 647 g/mol. The highest BCUT2D eigenvalue weighted by atomic mass is 32.2. The van der Waals surface area contributed by atoms with Crippen molar-refractivity contribution in [1.82, 2.24) is 21.0 Å². The van der Waals surface area contributed by atoms with Crippen molar-refractivity contribution in [2.45, 2.75) is 115 Å². The van der Waals surface area contributed by atoms with Crippen LogP contribution in [0, 0.1) is 0 Å². The molecule has 0 bridgehead atoms. The van der Waals surface area contributed by atoms with Crippen molar-refractivity contribution in [3.8, 4) is 0 Å². The van der Waals surface area contributed by atoms with Gasteiger partial charge in [0.2, 0.25) is 23.6 Å². The molecule has 13 nitrogen and oxygen atoms in total. The largest absolute Gasteiger partial charge is 0.373 e. The summed E-state index contributed by atoms with van der Waals surface area (Å²) in [6.45, 7) is 11.6. The first-order chi connectivity index (χ1) is 20.7. The number of thioether (sulfide) groups is 1. The van der Waals surface area contributed by atoms with Crippen LogP contribution in [0.15, 0.2) is 0 Å². The molecule has 256 valence electrons. The Morgan fingerprint density at radius 3 is 2.30 bits per heavy atom. The van der Waals surface area contributed by atoms with E-state index >= 15 is 0 Å². The lowest BCUT2D eigenvalue weighted by Gasteiger charge is -2.32. The molecule has 14 heteroatoms. The third kappa shape index (κ3) is 21.4. The predicted molar refractivity (Wildman–Crippen MR) is 174 cm³/mol. The van der Waals surface area contributed by atoms with Crippen LogP contribution in [0.1, 0.15) is 92.4 Å². The van der Waals surface area contributed by atoms with Crippen molar-refractivity contribution in [2.24, 2.45) is 11.6 Å². The summed E-state index contributed by atoms with van der Waals surface area (Å²) in [5.74, 6) is 4.84. The number of unbranched alkanes of at least 4 members (excludes halogenated alkanes) is 2. The number of hydrogen-bond donors (Lipinski definition) is 5. The normalized spacial score (nSPS) is 13.2. The summed E-state index contributed by atoms with van der Waals surface area (Å²) < 4.78 is 11.8. The molecule has 0 aliphatic heterocycles. The lowest BCUT2D eigenvalue weighted by atomic mass is 10.0. The van der Waals surface area contributed by atoms with E-state index in [1.165, 1.54) is 16.7 Å². The van der Waals surface area contributed by atoms with Crippen molar-refractivity contribution in [1.29, 1.82) is 0 Å². The number of ether oxygens (including phenoxy) is 2. The zero-order valence-electron chi connectivity index (χ0n) is 27.7. The van der Waals surface area contributed by atoms with Crippen molar-refractivity contribution in [3.63, 3.8) is 0 Å². The van der Waals surface area contributed by atoms with Crippen LogP contribution in [0.25, 0.3) is 0 Å². The van der Waals surface area contributed by atoms with Gasteiger partial charge >= 0.3 is 0 Å². The van der Waals surface area contributed by atoms with Crippen LogP contribution in [-0.2, 0) is 33.4 Å². The highest BCUT2D eigenvalue weighted by Gasteiger charge is 2.27. The molecule has 0 fully saturated rings. The first kappa shape index (κ1) is 41.7. The van der Waals surface area contributed by atoms with Gasteiger partial charge in [-0.1, -0.05) is 13.3 Å². The number of primary amides is 1. The zero-order chi connectivity index (χ0) is 33.6. The fourth-order valence-electron chi connectivity index (χ4n) is 3.87. The van der Waals surface area contributed by atoms with E-state index < -0.39 is 23.2 Å². The smallest absolute Gasteiger partial charge is 0.239 e. The number of hydrogen-bond acceptors (Lipinski definition) is 10. The molecule has 0 aromatic heterocycles. The van der Waals surface area contributed by atoms with Crippen molar-refractivity contribution >= 4 is 41.7 Å². The van der Waals surface area contributed by atoms with Gasteiger partial charge in [0, 0.05) is 45.9 Å². The van der Waals surface area contributed by atoms with Crippen LogP contribution in [0.5, 0.6) is 0 Å². The second-order valence-corrected chi connectivity index (χ2v) is 13.5. The topological polar surface area (TPSA) is 195 Å². The lowest BCUT2D eigenvalue weighted by Crippen LogP contribution is -2.45. The van der Waals surface area contributed by atoms with Crippen LogP contribution in [0.3, 0.4) is 0 Å². The highest BCUT2D eigenvalue weighted by Crippen LogP contribution is 2.21. The molecule has 0 rings (SSSR count). The van der Waals surface area contributed by atoms with Crippen LogP contribution in [-0.4, -0.2) is 103 Å². The van der Waals surface area contributed by atoms with Gasteiger partial charge in [-0.15, -0.1) is 0 Å². The summed E-state index contributed by atoms with van der Waals surface area (Å²) in [6.07, 6.45) is 5.23. The maximum Gasteiger partial charge on any atom is 0.239 e. The summed E-state index contributed by atoms with van der Waals surface area (Å²) in [5, 5.41) is 5.15. The van der Waals surface area contributed by atoms with E-state index in [2.05, 4.69) is 23.0 Å². The fraction of sp³-hybridized carbons (Fsp3) is 0.833. The Morgan fingerprint density at radius 2 is 1.68 bits per heavy atom. The van der Waals surface area contributed by atoms with E-state index in [1.54, 1.807) is 7.05 Å². The minimum Gasteiger partial charge on any atom is -0.373 e. The number of carbonyl (C=O) groups excluding carboxylic acids is 5. The molecule has 0 aromatic rings. The number of carbonyl (C=O) groups is 5. The van der Waals surface area contributed by atoms with E-state index in [1.807, 2.05) is 27.7 Å². The molecule has 0 radical (unpaired) electrons. The van der Waals surface area contributed by atoms with Crippen LogP contribution in [0.4, 0.5) is 0 Å². The standard InChI is InChI=1S/C30H58N6O7S/c1-7-8-19-44-23(21-37)20-27(40)36(6)17-13-25(38)33-15-10-9-11-24(28(31)41)35-26(39)12-14-29(2,3)43-22-30(4,5)42-18-16-34-32/h21,23-24,34H,7-20,22,32H2,1-6H3,(H2,31,41)(H,33,38)(H,35,39). The lowest BCUT2D eigenvalue weighted by molar-refractivity contribution is -0.132. The quantitative estimate of drug-likeness (QED) is 0.0377. The third-order valence-electron chi connectivity index (χ3n) is 6.88. The zero-order valence-corrected chi connectivity index (χ0v) is 28.5. The van der Waals surface area contributed by atoms with E-state index in [0.717, 1.165) is 24.9 Å². The van der Waals surface area contributed by atoms with Crippen LogP contribution >= 0.6 is 11.8 Å². The van der Waals surface area contributed by atoms with E-state index in [9.17, 15) is 24.0 Å². The van der Waals surface area contributed by atoms with Crippen molar-refractivity contribution in [3.05, 3.63) is 0 Å². The number of hydrazine groups is 1. The number of rotatable bonds is 27. The predicted octanol–water partition coefficient (Wildman–Crippen LogP) is 1.42. The second kappa shape index (κ2) is 23.1. The molecule has 0 spiro atoms. The van der Waals surface area contributed by atoms with Gasteiger partial charge < -0.3 is 35.5 Å². The van der Waals surface area contributed by atoms with Gasteiger partial charge in [0.1, 0.15) is 12.3 Å². The molecule has 2 atom stereocenters. The summed E-state index contributed by atoms with van der Waals surface area (Å²) >= 11 is 1.49. The van der Waals surface area contributed by atoms with Gasteiger partial charge in [0.05, 0.1) is 29.7 Å². The Hall–Kier alpha value is -2.26. The molecule has 0 aliphatic rings. The number of aldehydes is 1. The Labute approximate surface area is 268 Å². The molecule has 7 N–H and O–H groups in total. The molecule has 4 amide bonds. The SMILES string of the molecule is CCCCSC(C=O)CC(=O)N(C)CCC(=O)NCCCCC(NC(=O)CCC(C)(C)OCC(C)(C)OCCNN)C(N)=O. The fourth-order valence-corrected chi connectivity index (χ4v) is 4.97. The monoisotopic (exact) mass is 646 g/mol. The Kier molecular flexibility index (Phi) is 21.9. The van der Waals surface area contributed by atoms with Crippen LogP contribution in [0.2, 0.25) is 0 Å². The summed E-state index contributed by atoms with van der Waals surface area (Å²) in [5.41, 5.74) is 6.94. The van der Waals surface area contributed by atoms with Crippen molar-refractivity contribution in [2.75, 3.05) is 45.6 Å². The summed E-state index contributed by atoms with van der Waals surface area (Å²) in [7, 11) is 1.63. The molecule has 0 saturated carbocycles. The minimum absolute atomic E-state index is 0.126. The first-order valence-electron chi connectivity index (χ1n) is 15.5. The van der Waals surface area contributed by atoms with Crippen LogP contribution < -0.4 is 27.6 Å². The summed E-state index contributed by atoms with van der Waals surface area (Å²) in [6, 6.07) is -0.805. The van der Waals surface area contributed by atoms with Gasteiger partial charge in [-0.05, 0) is 65.6 Å². The molecule has 44 heavy (non-hydrogen) atoms. The molecular weight excluding hydrogens is 588 g/mol. The van der Waals surface area contributed by atoms with E-state index in [0.29, 0.717) is 52.0 Å².